The first-order valence-electron chi connectivity index (χ1n) is 6.80. The zero-order valence-electron chi connectivity index (χ0n) is 12.1. The average Bonchev–Trinajstić information content (AvgIpc) is 2.74. The van der Waals surface area contributed by atoms with Crippen LogP contribution < -0.4 is 15.2 Å². The van der Waals surface area contributed by atoms with Gasteiger partial charge in [0.1, 0.15) is 0 Å². The van der Waals surface area contributed by atoms with Crippen molar-refractivity contribution in [1.29, 1.82) is 0 Å². The molecule has 0 radical (unpaired) electrons. The van der Waals surface area contributed by atoms with Crippen molar-refractivity contribution in [3.05, 3.63) is 23.8 Å². The van der Waals surface area contributed by atoms with Crippen LogP contribution in [0.25, 0.3) is 0 Å². The molecule has 1 heterocycles. The predicted molar refractivity (Wildman–Crippen MR) is 76.4 cm³/mol. The van der Waals surface area contributed by atoms with Crippen LogP contribution in [-0.4, -0.2) is 30.8 Å². The Balaban J connectivity index is 1.80. The Hall–Kier alpha value is -1.26. The van der Waals surface area contributed by atoms with Gasteiger partial charge in [-0.15, -0.1) is 0 Å². The third-order valence-electron chi connectivity index (χ3n) is 3.25. The van der Waals surface area contributed by atoms with E-state index in [0.717, 1.165) is 37.4 Å². The minimum absolute atomic E-state index is 0.0699. The summed E-state index contributed by atoms with van der Waals surface area (Å²) >= 11 is 0. The van der Waals surface area contributed by atoms with Gasteiger partial charge >= 0.3 is 0 Å². The lowest BCUT2D eigenvalue weighted by Crippen LogP contribution is -2.33. The molecule has 1 aromatic rings. The number of nitrogens with zero attached hydrogens (tertiary/aromatic N) is 1. The van der Waals surface area contributed by atoms with E-state index in [1.165, 1.54) is 5.56 Å². The van der Waals surface area contributed by atoms with Crippen LogP contribution in [0.5, 0.6) is 11.5 Å². The third kappa shape index (κ3) is 4.40. The molecule has 2 rings (SSSR count). The number of nitrogens with two attached hydrogens (primary N) is 1. The second-order valence-electron chi connectivity index (χ2n) is 6.02. The van der Waals surface area contributed by atoms with E-state index in [-0.39, 0.29) is 5.54 Å². The molecule has 0 saturated heterocycles. The second kappa shape index (κ2) is 5.80. The van der Waals surface area contributed by atoms with Crippen LogP contribution >= 0.6 is 0 Å². The molecule has 1 aromatic carbocycles. The van der Waals surface area contributed by atoms with Crippen LogP contribution in [0, 0.1) is 0 Å². The molecule has 0 spiro atoms. The Morgan fingerprint density at radius 3 is 2.74 bits per heavy atom. The van der Waals surface area contributed by atoms with E-state index in [9.17, 15) is 0 Å². The molecule has 19 heavy (non-hydrogen) atoms. The molecule has 0 aromatic heterocycles. The Bertz CT molecular complexity index is 427. The van der Waals surface area contributed by atoms with Gasteiger partial charge in [-0.2, -0.15) is 0 Å². The van der Waals surface area contributed by atoms with Gasteiger partial charge < -0.3 is 20.1 Å². The molecule has 0 amide bonds. The molecule has 0 saturated carbocycles. The van der Waals surface area contributed by atoms with Gasteiger partial charge in [-0.1, -0.05) is 6.07 Å². The first-order valence-corrected chi connectivity index (χ1v) is 6.80. The summed E-state index contributed by atoms with van der Waals surface area (Å²) in [5.74, 6) is 1.70. The van der Waals surface area contributed by atoms with Crippen molar-refractivity contribution in [1.82, 2.24) is 4.90 Å². The molecule has 0 bridgehead atoms. The summed E-state index contributed by atoms with van der Waals surface area (Å²) in [4.78, 5) is 2.31. The van der Waals surface area contributed by atoms with E-state index in [0.29, 0.717) is 6.79 Å². The lowest BCUT2D eigenvalue weighted by Gasteiger charge is -2.21. The largest absolute Gasteiger partial charge is 0.454 e. The molecule has 106 valence electrons. The van der Waals surface area contributed by atoms with Crippen molar-refractivity contribution in [2.75, 3.05) is 20.4 Å². The van der Waals surface area contributed by atoms with E-state index in [4.69, 9.17) is 15.2 Å². The molecule has 1 aliphatic heterocycles. The highest BCUT2D eigenvalue weighted by Crippen LogP contribution is 2.32. The van der Waals surface area contributed by atoms with Gasteiger partial charge in [-0.25, -0.2) is 0 Å². The van der Waals surface area contributed by atoms with Crippen molar-refractivity contribution >= 4 is 0 Å². The highest BCUT2D eigenvalue weighted by atomic mass is 16.7. The molecule has 0 aliphatic carbocycles. The van der Waals surface area contributed by atoms with E-state index in [1.807, 2.05) is 6.07 Å². The molecule has 0 fully saturated rings. The molecular weight excluding hydrogens is 240 g/mol. The van der Waals surface area contributed by atoms with E-state index < -0.39 is 0 Å². The highest BCUT2D eigenvalue weighted by Gasteiger charge is 2.14. The van der Waals surface area contributed by atoms with Gasteiger partial charge in [0.05, 0.1) is 0 Å². The first kappa shape index (κ1) is 14.2. The number of fused-ring (bicyclic) bond motifs is 1. The van der Waals surface area contributed by atoms with Crippen LogP contribution in [0.2, 0.25) is 0 Å². The van der Waals surface area contributed by atoms with Gasteiger partial charge in [0.25, 0.3) is 0 Å². The topological polar surface area (TPSA) is 47.7 Å². The standard InChI is InChI=1S/C15H24N2O2/c1-15(2,16)7-4-8-17(3)10-12-5-6-13-14(9-12)19-11-18-13/h5-6,9H,4,7-8,10-11,16H2,1-3H3. The number of benzene rings is 1. The van der Waals surface area contributed by atoms with Gasteiger partial charge in [0, 0.05) is 12.1 Å². The van der Waals surface area contributed by atoms with Gasteiger partial charge in [0.2, 0.25) is 6.79 Å². The van der Waals surface area contributed by atoms with Crippen molar-refractivity contribution < 1.29 is 9.47 Å². The number of rotatable bonds is 6. The summed E-state index contributed by atoms with van der Waals surface area (Å²) in [6, 6.07) is 6.14. The van der Waals surface area contributed by atoms with Crippen molar-refractivity contribution in [3.8, 4) is 11.5 Å². The van der Waals surface area contributed by atoms with Crippen molar-refractivity contribution in [3.63, 3.8) is 0 Å². The zero-order valence-corrected chi connectivity index (χ0v) is 12.1. The number of hydrogen-bond acceptors (Lipinski definition) is 4. The number of ether oxygens (including phenoxy) is 2. The van der Waals surface area contributed by atoms with Crippen LogP contribution in [-0.2, 0) is 6.54 Å². The SMILES string of the molecule is CN(CCCC(C)(C)N)Cc1ccc2c(c1)OCO2. The average molecular weight is 264 g/mol. The second-order valence-corrected chi connectivity index (χ2v) is 6.02. The highest BCUT2D eigenvalue weighted by molar-refractivity contribution is 5.44. The Labute approximate surface area is 115 Å². The predicted octanol–water partition coefficient (Wildman–Crippen LogP) is 2.36. The fourth-order valence-electron chi connectivity index (χ4n) is 2.23. The monoisotopic (exact) mass is 264 g/mol. The normalized spacial score (nSPS) is 14.2. The Morgan fingerprint density at radius 1 is 1.26 bits per heavy atom. The molecule has 4 heteroatoms. The summed E-state index contributed by atoms with van der Waals surface area (Å²) in [7, 11) is 2.13. The molecule has 0 atom stereocenters. The lowest BCUT2D eigenvalue weighted by molar-refractivity contribution is 0.174. The summed E-state index contributed by atoms with van der Waals surface area (Å²) in [6.45, 7) is 6.45. The molecule has 2 N–H and O–H groups in total. The Kier molecular flexibility index (Phi) is 4.32. The van der Waals surface area contributed by atoms with Crippen LogP contribution in [0.3, 0.4) is 0 Å². The van der Waals surface area contributed by atoms with Gasteiger partial charge in [0.15, 0.2) is 11.5 Å². The minimum Gasteiger partial charge on any atom is -0.454 e. The van der Waals surface area contributed by atoms with Crippen LogP contribution in [0.15, 0.2) is 18.2 Å². The maximum atomic E-state index is 5.99. The molecule has 0 unspecified atom stereocenters. The van der Waals surface area contributed by atoms with E-state index in [2.05, 4.69) is 37.9 Å². The molecule has 1 aliphatic rings. The summed E-state index contributed by atoms with van der Waals surface area (Å²) in [6.07, 6.45) is 2.16. The fourth-order valence-corrected chi connectivity index (χ4v) is 2.23. The zero-order chi connectivity index (χ0) is 13.9. The van der Waals surface area contributed by atoms with Crippen LogP contribution in [0.4, 0.5) is 0 Å². The van der Waals surface area contributed by atoms with Crippen LogP contribution in [0.1, 0.15) is 32.3 Å². The van der Waals surface area contributed by atoms with E-state index >= 15 is 0 Å². The minimum atomic E-state index is -0.0699. The van der Waals surface area contributed by atoms with Crippen molar-refractivity contribution in [2.45, 2.75) is 38.8 Å². The fraction of sp³-hybridized carbons (Fsp3) is 0.600. The maximum absolute atomic E-state index is 5.99. The molecule has 4 nitrogen and oxygen atoms in total. The molecular formula is C15H24N2O2. The van der Waals surface area contributed by atoms with E-state index in [1.54, 1.807) is 0 Å². The summed E-state index contributed by atoms with van der Waals surface area (Å²) in [5, 5.41) is 0. The third-order valence-corrected chi connectivity index (χ3v) is 3.25. The smallest absolute Gasteiger partial charge is 0.231 e. The van der Waals surface area contributed by atoms with Gasteiger partial charge in [-0.05, 0) is 58.0 Å². The summed E-state index contributed by atoms with van der Waals surface area (Å²) < 4.78 is 10.7. The van der Waals surface area contributed by atoms with Gasteiger partial charge in [-0.3, -0.25) is 0 Å². The quantitative estimate of drug-likeness (QED) is 0.857. The lowest BCUT2D eigenvalue weighted by atomic mass is 10.00. The van der Waals surface area contributed by atoms with Crippen molar-refractivity contribution in [2.24, 2.45) is 5.73 Å². The maximum Gasteiger partial charge on any atom is 0.231 e. The Morgan fingerprint density at radius 2 is 2.00 bits per heavy atom. The summed E-state index contributed by atoms with van der Waals surface area (Å²) in [5.41, 5.74) is 7.17. The number of hydrogen-bond donors (Lipinski definition) is 1. The first-order chi connectivity index (χ1) is 8.94.